The van der Waals surface area contributed by atoms with Gasteiger partial charge in [0.2, 0.25) is 0 Å². The van der Waals surface area contributed by atoms with E-state index in [1.165, 1.54) is 5.69 Å². The van der Waals surface area contributed by atoms with Crippen LogP contribution in [0.25, 0.3) is 0 Å². The van der Waals surface area contributed by atoms with Crippen LogP contribution >= 0.6 is 12.2 Å². The number of hydrogen-bond donors (Lipinski definition) is 1. The number of aromatic nitrogens is 3. The van der Waals surface area contributed by atoms with E-state index in [-0.39, 0.29) is 12.1 Å². The molecule has 0 aliphatic carbocycles. The molecule has 0 radical (unpaired) electrons. The maximum Gasteiger partial charge on any atom is 0.170 e. The zero-order chi connectivity index (χ0) is 17.9. The molecule has 0 saturated carbocycles. The van der Waals surface area contributed by atoms with Gasteiger partial charge in [0.25, 0.3) is 0 Å². The summed E-state index contributed by atoms with van der Waals surface area (Å²) in [4.78, 5) is 11.3. The molecule has 4 rings (SSSR count). The molecule has 1 fully saturated rings. The van der Waals surface area contributed by atoms with Gasteiger partial charge >= 0.3 is 0 Å². The third kappa shape index (κ3) is 3.08. The van der Waals surface area contributed by atoms with Crippen molar-refractivity contribution in [1.29, 1.82) is 0 Å². The van der Waals surface area contributed by atoms with E-state index < -0.39 is 0 Å². The highest BCUT2D eigenvalue weighted by molar-refractivity contribution is 7.80. The van der Waals surface area contributed by atoms with Crippen LogP contribution in [-0.2, 0) is 6.54 Å². The molecule has 132 valence electrons. The lowest BCUT2D eigenvalue weighted by Gasteiger charge is -2.27. The molecule has 6 heteroatoms. The summed E-state index contributed by atoms with van der Waals surface area (Å²) in [5.41, 5.74) is 3.25. The van der Waals surface area contributed by atoms with Crippen LogP contribution in [0.4, 0.5) is 0 Å². The molecule has 1 aliphatic heterocycles. The smallest absolute Gasteiger partial charge is 0.170 e. The predicted molar refractivity (Wildman–Crippen MR) is 106 cm³/mol. The Kier molecular flexibility index (Phi) is 4.67. The molecule has 0 amide bonds. The van der Waals surface area contributed by atoms with Gasteiger partial charge in [-0.05, 0) is 55.5 Å². The Bertz CT molecular complexity index is 877. The first kappa shape index (κ1) is 16.7. The van der Waals surface area contributed by atoms with Crippen molar-refractivity contribution < 1.29 is 0 Å². The van der Waals surface area contributed by atoms with Gasteiger partial charge in [-0.15, -0.1) is 0 Å². The molecule has 1 aliphatic rings. The second-order valence-corrected chi connectivity index (χ2v) is 6.68. The SMILES string of the molecule is CCN1C(=S)N[C@H](c2ccccn2)[C@@H]1c1cccn1Cc1ccccn1. The molecular weight excluding hydrogens is 342 g/mol. The van der Waals surface area contributed by atoms with Gasteiger partial charge in [-0.1, -0.05) is 12.1 Å². The summed E-state index contributed by atoms with van der Waals surface area (Å²) in [5.74, 6) is 0. The maximum absolute atomic E-state index is 5.61. The Balaban J connectivity index is 1.72. The molecule has 4 heterocycles. The first-order valence-electron chi connectivity index (χ1n) is 8.81. The van der Waals surface area contributed by atoms with Crippen molar-refractivity contribution >= 4 is 17.3 Å². The van der Waals surface area contributed by atoms with Gasteiger partial charge in [0.05, 0.1) is 30.0 Å². The minimum atomic E-state index is 0.0287. The lowest BCUT2D eigenvalue weighted by Crippen LogP contribution is -2.30. The Hall–Kier alpha value is -2.73. The highest BCUT2D eigenvalue weighted by Gasteiger charge is 2.40. The number of rotatable bonds is 5. The maximum atomic E-state index is 5.61. The molecule has 2 atom stereocenters. The molecule has 0 bridgehead atoms. The third-order valence-electron chi connectivity index (χ3n) is 4.76. The van der Waals surface area contributed by atoms with Crippen molar-refractivity contribution in [3.63, 3.8) is 0 Å². The van der Waals surface area contributed by atoms with E-state index in [1.54, 1.807) is 0 Å². The van der Waals surface area contributed by atoms with E-state index >= 15 is 0 Å². The van der Waals surface area contributed by atoms with E-state index in [9.17, 15) is 0 Å². The fourth-order valence-corrected chi connectivity index (χ4v) is 3.94. The lowest BCUT2D eigenvalue weighted by molar-refractivity contribution is 0.316. The highest BCUT2D eigenvalue weighted by atomic mass is 32.1. The normalized spacial score (nSPS) is 19.6. The van der Waals surface area contributed by atoms with Gasteiger partial charge in [-0.25, -0.2) is 0 Å². The van der Waals surface area contributed by atoms with Gasteiger partial charge in [-0.2, -0.15) is 0 Å². The summed E-state index contributed by atoms with van der Waals surface area (Å²) in [6.07, 6.45) is 5.77. The largest absolute Gasteiger partial charge is 0.352 e. The van der Waals surface area contributed by atoms with Gasteiger partial charge in [-0.3, -0.25) is 9.97 Å². The van der Waals surface area contributed by atoms with E-state index in [0.29, 0.717) is 0 Å². The monoisotopic (exact) mass is 363 g/mol. The van der Waals surface area contributed by atoms with Crippen LogP contribution < -0.4 is 5.32 Å². The predicted octanol–water partition coefficient (Wildman–Crippen LogP) is 3.32. The van der Waals surface area contributed by atoms with E-state index in [0.717, 1.165) is 29.6 Å². The van der Waals surface area contributed by atoms with Crippen LogP contribution in [0.15, 0.2) is 67.1 Å². The average molecular weight is 363 g/mol. The quantitative estimate of drug-likeness (QED) is 0.705. The van der Waals surface area contributed by atoms with Crippen LogP contribution in [-0.4, -0.2) is 31.1 Å². The minimum Gasteiger partial charge on any atom is -0.352 e. The first-order chi connectivity index (χ1) is 12.8. The summed E-state index contributed by atoms with van der Waals surface area (Å²) >= 11 is 5.61. The van der Waals surface area contributed by atoms with Crippen molar-refractivity contribution in [2.75, 3.05) is 6.54 Å². The molecule has 3 aromatic rings. The molecular formula is C20H21N5S. The Morgan fingerprint density at radius 2 is 1.85 bits per heavy atom. The average Bonchev–Trinajstić information content (AvgIpc) is 3.26. The van der Waals surface area contributed by atoms with E-state index in [4.69, 9.17) is 12.2 Å². The van der Waals surface area contributed by atoms with Crippen LogP contribution in [0.5, 0.6) is 0 Å². The van der Waals surface area contributed by atoms with Crippen LogP contribution in [0.2, 0.25) is 0 Å². The van der Waals surface area contributed by atoms with Crippen molar-refractivity contribution in [2.45, 2.75) is 25.6 Å². The number of pyridine rings is 2. The summed E-state index contributed by atoms with van der Waals surface area (Å²) in [5, 5.41) is 4.24. The summed E-state index contributed by atoms with van der Waals surface area (Å²) < 4.78 is 2.25. The molecule has 1 N–H and O–H groups in total. The Labute approximate surface area is 158 Å². The number of likely N-dealkylation sites (N-methyl/N-ethyl adjacent to an activating group) is 1. The van der Waals surface area contributed by atoms with Crippen molar-refractivity contribution in [3.8, 4) is 0 Å². The zero-order valence-electron chi connectivity index (χ0n) is 14.6. The fourth-order valence-electron chi connectivity index (χ4n) is 3.57. The van der Waals surface area contributed by atoms with Gasteiger partial charge in [0.15, 0.2) is 5.11 Å². The Morgan fingerprint density at radius 3 is 2.54 bits per heavy atom. The summed E-state index contributed by atoms with van der Waals surface area (Å²) in [6.45, 7) is 3.71. The molecule has 1 saturated heterocycles. The first-order valence-corrected chi connectivity index (χ1v) is 9.21. The molecule has 26 heavy (non-hydrogen) atoms. The molecule has 5 nitrogen and oxygen atoms in total. The van der Waals surface area contributed by atoms with Crippen LogP contribution in [0, 0.1) is 0 Å². The van der Waals surface area contributed by atoms with Crippen LogP contribution in [0.3, 0.4) is 0 Å². The zero-order valence-corrected chi connectivity index (χ0v) is 15.4. The standard InChI is InChI=1S/C20H21N5S/c1-2-25-19(18(23-20(25)26)16-9-4-6-12-22-16)17-10-7-13-24(17)14-15-8-3-5-11-21-15/h3-13,18-19H,2,14H2,1H3,(H,23,26)/t18-,19+/m1/s1. The van der Waals surface area contributed by atoms with Crippen molar-refractivity contribution in [3.05, 3.63) is 84.2 Å². The summed E-state index contributed by atoms with van der Waals surface area (Å²) in [7, 11) is 0. The molecule has 0 spiro atoms. The van der Waals surface area contributed by atoms with Crippen LogP contribution in [0.1, 0.15) is 36.1 Å². The van der Waals surface area contributed by atoms with Gasteiger partial charge in [0, 0.05) is 30.8 Å². The second kappa shape index (κ2) is 7.25. The fraction of sp³-hybridized carbons (Fsp3) is 0.250. The van der Waals surface area contributed by atoms with Gasteiger partial charge in [0.1, 0.15) is 0 Å². The summed E-state index contributed by atoms with van der Waals surface area (Å²) in [6, 6.07) is 16.4. The molecule has 0 unspecified atom stereocenters. The second-order valence-electron chi connectivity index (χ2n) is 6.29. The third-order valence-corrected chi connectivity index (χ3v) is 5.12. The van der Waals surface area contributed by atoms with E-state index in [1.807, 2.05) is 36.7 Å². The number of hydrogen-bond acceptors (Lipinski definition) is 3. The molecule has 3 aromatic heterocycles. The minimum absolute atomic E-state index is 0.0287. The van der Waals surface area contributed by atoms with E-state index in [2.05, 4.69) is 62.1 Å². The Morgan fingerprint density at radius 1 is 1.04 bits per heavy atom. The number of thiocarbonyl (C=S) groups is 1. The number of nitrogens with one attached hydrogen (secondary N) is 1. The topological polar surface area (TPSA) is 46.0 Å². The van der Waals surface area contributed by atoms with Gasteiger partial charge < -0.3 is 14.8 Å². The lowest BCUT2D eigenvalue weighted by atomic mass is 10.0. The molecule has 0 aromatic carbocycles. The highest BCUT2D eigenvalue weighted by Crippen LogP contribution is 2.38. The van der Waals surface area contributed by atoms with Crippen molar-refractivity contribution in [1.82, 2.24) is 24.8 Å². The number of nitrogens with zero attached hydrogens (tertiary/aromatic N) is 4. The van der Waals surface area contributed by atoms with Crippen molar-refractivity contribution in [2.24, 2.45) is 0 Å².